The molecule has 0 bridgehead atoms. The molecule has 35 heavy (non-hydrogen) atoms. The molecular weight excluding hydrogens is 442 g/mol. The van der Waals surface area contributed by atoms with Crippen molar-refractivity contribution in [1.29, 1.82) is 0 Å². The Bertz CT molecular complexity index is 636. The molecule has 2 N–H and O–H groups in total. The summed E-state index contributed by atoms with van der Waals surface area (Å²) in [6, 6.07) is 5.92. The highest BCUT2D eigenvalue weighted by Gasteiger charge is 2.23. The van der Waals surface area contributed by atoms with E-state index in [1.165, 1.54) is 63.0 Å². The Morgan fingerprint density at radius 1 is 0.714 bits per heavy atom. The second-order valence-electron chi connectivity index (χ2n) is 9.93. The minimum absolute atomic E-state index is 0.474. The molecule has 0 heterocycles. The van der Waals surface area contributed by atoms with Gasteiger partial charge in [0.25, 0.3) is 0 Å². The van der Waals surface area contributed by atoms with Crippen LogP contribution in [0.1, 0.15) is 118 Å². The predicted molar refractivity (Wildman–Crippen MR) is 145 cm³/mol. The lowest BCUT2D eigenvalue weighted by Gasteiger charge is -2.31. The van der Waals surface area contributed by atoms with E-state index in [9.17, 15) is 10.2 Å². The average molecular weight is 496 g/mol. The standard InChI is InChI=1S/C29H53NO5/c1-7-9-10-11-12-13-14-15-16-17-21-33-28-19-20-29(27(22-28)18-8-2)30(34-25(5)23(3)31)35-26(6)24(4)32/h19-20,22-26,31-32H,7-18,21H2,1-6H3. The van der Waals surface area contributed by atoms with Gasteiger partial charge in [-0.1, -0.05) is 78.1 Å². The van der Waals surface area contributed by atoms with Crippen LogP contribution in [0.4, 0.5) is 5.69 Å². The van der Waals surface area contributed by atoms with Crippen LogP contribution in [0.25, 0.3) is 0 Å². The van der Waals surface area contributed by atoms with Crippen LogP contribution in [-0.4, -0.2) is 41.2 Å². The van der Waals surface area contributed by atoms with Gasteiger partial charge in [0.2, 0.25) is 0 Å². The summed E-state index contributed by atoms with van der Waals surface area (Å²) >= 11 is 0. The van der Waals surface area contributed by atoms with Crippen molar-refractivity contribution in [2.24, 2.45) is 0 Å². The zero-order valence-corrected chi connectivity index (χ0v) is 23.3. The van der Waals surface area contributed by atoms with Crippen molar-refractivity contribution in [3.63, 3.8) is 0 Å². The molecule has 204 valence electrons. The summed E-state index contributed by atoms with van der Waals surface area (Å²) in [6.07, 6.45) is 12.6. The first kappa shape index (κ1) is 31.7. The molecule has 6 nitrogen and oxygen atoms in total. The Hall–Kier alpha value is -1.34. The van der Waals surface area contributed by atoms with Crippen molar-refractivity contribution in [1.82, 2.24) is 0 Å². The van der Waals surface area contributed by atoms with Crippen LogP contribution in [0.15, 0.2) is 18.2 Å². The Kier molecular flexibility index (Phi) is 17.1. The largest absolute Gasteiger partial charge is 0.494 e. The summed E-state index contributed by atoms with van der Waals surface area (Å²) in [5, 5.41) is 21.2. The summed E-state index contributed by atoms with van der Waals surface area (Å²) < 4.78 is 6.06. The smallest absolute Gasteiger partial charge is 0.119 e. The van der Waals surface area contributed by atoms with E-state index in [0.29, 0.717) is 0 Å². The van der Waals surface area contributed by atoms with E-state index in [0.717, 1.165) is 42.9 Å². The lowest BCUT2D eigenvalue weighted by molar-refractivity contribution is -0.176. The van der Waals surface area contributed by atoms with Gasteiger partial charge in [-0.2, -0.15) is 0 Å². The topological polar surface area (TPSA) is 71.4 Å². The molecule has 1 aromatic rings. The van der Waals surface area contributed by atoms with Gasteiger partial charge in [-0.25, -0.2) is 9.68 Å². The number of benzene rings is 1. The minimum Gasteiger partial charge on any atom is -0.494 e. The first-order valence-corrected chi connectivity index (χ1v) is 14.1. The summed E-state index contributed by atoms with van der Waals surface area (Å²) in [5.74, 6) is 0.847. The molecule has 0 fully saturated rings. The van der Waals surface area contributed by atoms with Gasteiger partial charge in [0.1, 0.15) is 18.0 Å². The van der Waals surface area contributed by atoms with E-state index in [4.69, 9.17) is 14.4 Å². The fourth-order valence-electron chi connectivity index (χ4n) is 3.70. The van der Waals surface area contributed by atoms with Crippen LogP contribution in [0.2, 0.25) is 0 Å². The molecule has 4 atom stereocenters. The molecule has 0 aromatic heterocycles. The van der Waals surface area contributed by atoms with Crippen molar-refractivity contribution in [3.8, 4) is 5.75 Å². The number of hydrogen-bond donors (Lipinski definition) is 2. The van der Waals surface area contributed by atoms with Crippen LogP contribution < -0.4 is 9.96 Å². The summed E-state index contributed by atoms with van der Waals surface area (Å²) in [4.78, 5) is 11.9. The maximum atomic E-state index is 9.93. The fraction of sp³-hybridized carbons (Fsp3) is 0.793. The number of ether oxygens (including phenoxy) is 1. The highest BCUT2D eigenvalue weighted by molar-refractivity contribution is 5.53. The highest BCUT2D eigenvalue weighted by atomic mass is 17.0. The number of aliphatic hydroxyl groups is 2. The zero-order valence-electron chi connectivity index (χ0n) is 23.3. The monoisotopic (exact) mass is 495 g/mol. The van der Waals surface area contributed by atoms with Crippen LogP contribution >= 0.6 is 0 Å². The van der Waals surface area contributed by atoms with Gasteiger partial charge >= 0.3 is 0 Å². The number of rotatable bonds is 21. The van der Waals surface area contributed by atoms with Crippen LogP contribution in [-0.2, 0) is 16.1 Å². The number of nitrogens with zero attached hydrogens (tertiary/aromatic N) is 1. The molecule has 0 aliphatic rings. The third-order valence-corrected chi connectivity index (χ3v) is 6.42. The fourth-order valence-corrected chi connectivity index (χ4v) is 3.70. The molecule has 1 rings (SSSR count). The van der Waals surface area contributed by atoms with Crippen molar-refractivity contribution < 1.29 is 24.6 Å². The maximum Gasteiger partial charge on any atom is 0.119 e. The molecule has 0 saturated heterocycles. The molecule has 0 aliphatic carbocycles. The second kappa shape index (κ2) is 18.9. The van der Waals surface area contributed by atoms with Gasteiger partial charge in [-0.3, -0.25) is 0 Å². The Morgan fingerprint density at radius 2 is 1.23 bits per heavy atom. The summed E-state index contributed by atoms with van der Waals surface area (Å²) in [7, 11) is 0. The highest BCUT2D eigenvalue weighted by Crippen LogP contribution is 2.29. The predicted octanol–water partition coefficient (Wildman–Crippen LogP) is 7.15. The Labute approximate surface area is 214 Å². The van der Waals surface area contributed by atoms with Crippen molar-refractivity contribution in [2.75, 3.05) is 11.8 Å². The van der Waals surface area contributed by atoms with E-state index in [1.54, 1.807) is 27.7 Å². The molecule has 6 heteroatoms. The van der Waals surface area contributed by atoms with Crippen molar-refractivity contribution >= 4 is 5.69 Å². The summed E-state index contributed by atoms with van der Waals surface area (Å²) in [6.45, 7) is 12.0. The third-order valence-electron chi connectivity index (χ3n) is 6.42. The zero-order chi connectivity index (χ0) is 26.1. The molecule has 1 aromatic carbocycles. The van der Waals surface area contributed by atoms with Gasteiger partial charge in [0.15, 0.2) is 0 Å². The van der Waals surface area contributed by atoms with E-state index >= 15 is 0 Å². The van der Waals surface area contributed by atoms with Crippen LogP contribution in [0, 0.1) is 0 Å². The molecular formula is C29H53NO5. The quantitative estimate of drug-likeness (QED) is 0.139. The number of aliphatic hydroxyl groups excluding tert-OH is 2. The maximum absolute atomic E-state index is 9.93. The van der Waals surface area contributed by atoms with E-state index in [-0.39, 0.29) is 0 Å². The van der Waals surface area contributed by atoms with Crippen LogP contribution in [0.5, 0.6) is 5.75 Å². The van der Waals surface area contributed by atoms with E-state index in [2.05, 4.69) is 19.9 Å². The van der Waals surface area contributed by atoms with E-state index in [1.807, 2.05) is 12.1 Å². The normalized spacial score (nSPS) is 15.0. The number of aryl methyl sites for hydroxylation is 1. The van der Waals surface area contributed by atoms with Gasteiger partial charge in [-0.05, 0) is 64.3 Å². The molecule has 0 radical (unpaired) electrons. The second-order valence-corrected chi connectivity index (χ2v) is 9.93. The summed E-state index contributed by atoms with van der Waals surface area (Å²) in [5.41, 5.74) is 1.81. The molecule has 0 amide bonds. The van der Waals surface area contributed by atoms with E-state index < -0.39 is 24.4 Å². The lowest BCUT2D eigenvalue weighted by atomic mass is 10.1. The van der Waals surface area contributed by atoms with Gasteiger partial charge in [0.05, 0.1) is 24.5 Å². The molecule has 0 saturated carbocycles. The lowest BCUT2D eigenvalue weighted by Crippen LogP contribution is -2.39. The molecule has 4 unspecified atom stereocenters. The van der Waals surface area contributed by atoms with Crippen molar-refractivity contribution in [3.05, 3.63) is 23.8 Å². The van der Waals surface area contributed by atoms with Gasteiger partial charge in [-0.15, -0.1) is 5.23 Å². The first-order chi connectivity index (χ1) is 16.8. The van der Waals surface area contributed by atoms with Gasteiger partial charge in [0, 0.05) is 0 Å². The Balaban J connectivity index is 2.64. The minimum atomic E-state index is -0.666. The average Bonchev–Trinajstić information content (AvgIpc) is 2.82. The Morgan fingerprint density at radius 3 is 1.71 bits per heavy atom. The number of unbranched alkanes of at least 4 members (excludes halogenated alkanes) is 9. The SMILES string of the molecule is CCCCCCCCCCCCOc1ccc(N(OC(C)C(C)O)OC(C)C(C)O)c(CCC)c1. The number of anilines is 1. The third kappa shape index (κ3) is 13.5. The van der Waals surface area contributed by atoms with Crippen molar-refractivity contribution in [2.45, 2.75) is 143 Å². The van der Waals surface area contributed by atoms with Gasteiger partial charge < -0.3 is 14.9 Å². The number of hydrogen-bond acceptors (Lipinski definition) is 6. The first-order valence-electron chi connectivity index (χ1n) is 14.1. The molecule has 0 spiro atoms. The molecule has 0 aliphatic heterocycles. The van der Waals surface area contributed by atoms with Crippen LogP contribution in [0.3, 0.4) is 0 Å².